The van der Waals surface area contributed by atoms with Crippen LogP contribution >= 0.6 is 0 Å². The van der Waals surface area contributed by atoms with Crippen LogP contribution < -0.4 is 11.1 Å². The lowest BCUT2D eigenvalue weighted by atomic mass is 9.75. The van der Waals surface area contributed by atoms with Gasteiger partial charge in [0.1, 0.15) is 0 Å². The number of nitrogen functional groups attached to an aromatic ring is 1. The van der Waals surface area contributed by atoms with Crippen LogP contribution in [0.2, 0.25) is 0 Å². The molecule has 1 aromatic carbocycles. The van der Waals surface area contributed by atoms with Gasteiger partial charge in [-0.1, -0.05) is 6.07 Å². The molecule has 2 fully saturated rings. The van der Waals surface area contributed by atoms with Crippen LogP contribution in [0.3, 0.4) is 0 Å². The van der Waals surface area contributed by atoms with Crippen molar-refractivity contribution >= 4 is 17.6 Å². The van der Waals surface area contributed by atoms with E-state index in [1.165, 1.54) is 4.68 Å². The predicted molar refractivity (Wildman–Crippen MR) is 126 cm³/mol. The van der Waals surface area contributed by atoms with Gasteiger partial charge in [-0.25, -0.2) is 11.6 Å². The molecule has 0 radical (unpaired) electrons. The van der Waals surface area contributed by atoms with Crippen LogP contribution in [0.5, 0.6) is 0 Å². The first-order valence-corrected chi connectivity index (χ1v) is 11.4. The van der Waals surface area contributed by atoms with E-state index >= 15 is 0 Å². The summed E-state index contributed by atoms with van der Waals surface area (Å²) >= 11 is 0. The second kappa shape index (κ2) is 9.17. The van der Waals surface area contributed by atoms with Crippen molar-refractivity contribution in [2.45, 2.75) is 37.3 Å². The third kappa shape index (κ3) is 4.40. The second-order valence-corrected chi connectivity index (χ2v) is 8.62. The fourth-order valence-electron chi connectivity index (χ4n) is 4.87. The van der Waals surface area contributed by atoms with E-state index in [-0.39, 0.29) is 5.95 Å². The standard InChI is InChI=1S/C24H28N8O/c1-26-24(11-9-20(10-12-24)31-14-16-33-17-15-31)18-5-7-19(8-6-18)28-23-29-22(25)32(30-23)21-4-2-3-13-27-21/h2-8,13,20H,9-12,14-17H2,(H3,25,28,29,30). The van der Waals surface area contributed by atoms with Gasteiger partial charge in [0.05, 0.1) is 13.2 Å². The van der Waals surface area contributed by atoms with E-state index in [1.54, 1.807) is 6.20 Å². The second-order valence-electron chi connectivity index (χ2n) is 8.62. The summed E-state index contributed by atoms with van der Waals surface area (Å²) in [5, 5.41) is 7.61. The monoisotopic (exact) mass is 444 g/mol. The number of rotatable bonds is 5. The van der Waals surface area contributed by atoms with Crippen molar-refractivity contribution in [2.24, 2.45) is 0 Å². The van der Waals surface area contributed by atoms with E-state index in [0.29, 0.717) is 17.8 Å². The van der Waals surface area contributed by atoms with Crippen LogP contribution in [0, 0.1) is 6.57 Å². The van der Waals surface area contributed by atoms with Crippen molar-refractivity contribution in [1.29, 1.82) is 0 Å². The zero-order chi connectivity index (χ0) is 22.7. The molecule has 9 heteroatoms. The number of nitrogens with two attached hydrogens (primary N) is 1. The van der Waals surface area contributed by atoms with E-state index in [0.717, 1.165) is 63.2 Å². The Hall–Kier alpha value is -3.48. The van der Waals surface area contributed by atoms with Crippen LogP contribution in [-0.2, 0) is 10.3 Å². The number of aromatic nitrogens is 4. The number of hydrogen-bond acceptors (Lipinski definition) is 7. The van der Waals surface area contributed by atoms with Gasteiger partial charge in [0.2, 0.25) is 11.9 Å². The Kier molecular flexibility index (Phi) is 5.94. The highest BCUT2D eigenvalue weighted by atomic mass is 16.5. The molecule has 33 heavy (non-hydrogen) atoms. The summed E-state index contributed by atoms with van der Waals surface area (Å²) in [7, 11) is 0. The van der Waals surface area contributed by atoms with Crippen LogP contribution in [0.1, 0.15) is 31.2 Å². The molecule has 2 aliphatic rings. The molecule has 1 aliphatic heterocycles. The normalized spacial score (nSPS) is 23.7. The molecule has 0 amide bonds. The lowest BCUT2D eigenvalue weighted by molar-refractivity contribution is 0.00468. The van der Waals surface area contributed by atoms with Gasteiger partial charge in [-0.2, -0.15) is 9.67 Å². The van der Waals surface area contributed by atoms with Crippen molar-refractivity contribution in [3.8, 4) is 5.82 Å². The molecule has 3 aromatic rings. The van der Waals surface area contributed by atoms with E-state index in [4.69, 9.17) is 17.0 Å². The molecule has 170 valence electrons. The Balaban J connectivity index is 1.26. The van der Waals surface area contributed by atoms with E-state index in [9.17, 15) is 0 Å². The number of nitrogens with zero attached hydrogens (tertiary/aromatic N) is 6. The number of ether oxygens (including phenoxy) is 1. The predicted octanol–water partition coefficient (Wildman–Crippen LogP) is 3.38. The number of nitrogens with one attached hydrogen (secondary N) is 1. The van der Waals surface area contributed by atoms with Crippen LogP contribution in [0.4, 0.5) is 17.6 Å². The summed E-state index contributed by atoms with van der Waals surface area (Å²) < 4.78 is 6.99. The van der Waals surface area contributed by atoms with Crippen LogP contribution in [0.15, 0.2) is 48.7 Å². The third-order valence-corrected chi connectivity index (χ3v) is 6.74. The van der Waals surface area contributed by atoms with Crippen LogP contribution in [-0.4, -0.2) is 57.0 Å². The van der Waals surface area contributed by atoms with E-state index in [2.05, 4.69) is 42.3 Å². The highest BCUT2D eigenvalue weighted by Gasteiger charge is 2.44. The van der Waals surface area contributed by atoms with Gasteiger partial charge in [0.15, 0.2) is 5.82 Å². The zero-order valence-corrected chi connectivity index (χ0v) is 18.5. The number of morpholine rings is 1. The van der Waals surface area contributed by atoms with Gasteiger partial charge in [-0.15, -0.1) is 5.10 Å². The van der Waals surface area contributed by atoms with Gasteiger partial charge >= 0.3 is 0 Å². The molecule has 0 bridgehead atoms. The van der Waals surface area contributed by atoms with Crippen molar-refractivity contribution in [2.75, 3.05) is 37.4 Å². The highest BCUT2D eigenvalue weighted by molar-refractivity contribution is 5.55. The summed E-state index contributed by atoms with van der Waals surface area (Å²) in [6.07, 6.45) is 5.56. The summed E-state index contributed by atoms with van der Waals surface area (Å²) in [6.45, 7) is 11.6. The average Bonchev–Trinajstić information content (AvgIpc) is 3.25. The first kappa shape index (κ1) is 21.4. The quantitative estimate of drug-likeness (QED) is 0.582. The fraction of sp³-hybridized carbons (Fsp3) is 0.417. The molecule has 2 aromatic heterocycles. The Labute approximate surface area is 193 Å². The lowest BCUT2D eigenvalue weighted by Gasteiger charge is -2.39. The number of pyridine rings is 1. The van der Waals surface area contributed by atoms with Crippen molar-refractivity contribution in [3.63, 3.8) is 0 Å². The summed E-state index contributed by atoms with van der Waals surface area (Å²) in [4.78, 5) is 15.2. The molecule has 1 saturated carbocycles. The number of benzene rings is 1. The van der Waals surface area contributed by atoms with Gasteiger partial charge in [0, 0.05) is 49.4 Å². The topological polar surface area (TPSA) is 98.5 Å². The molecule has 1 aliphatic carbocycles. The molecule has 0 unspecified atom stereocenters. The zero-order valence-electron chi connectivity index (χ0n) is 18.5. The molecule has 9 nitrogen and oxygen atoms in total. The van der Waals surface area contributed by atoms with E-state index < -0.39 is 5.54 Å². The highest BCUT2D eigenvalue weighted by Crippen LogP contribution is 2.42. The third-order valence-electron chi connectivity index (χ3n) is 6.74. The minimum Gasteiger partial charge on any atom is -0.379 e. The van der Waals surface area contributed by atoms with Crippen molar-refractivity contribution in [1.82, 2.24) is 24.6 Å². The first-order valence-electron chi connectivity index (χ1n) is 11.4. The molecular formula is C24H28N8O. The van der Waals surface area contributed by atoms with Gasteiger partial charge in [0.25, 0.3) is 5.54 Å². The molecule has 3 heterocycles. The lowest BCUT2D eigenvalue weighted by Crippen LogP contribution is -2.46. The first-order chi connectivity index (χ1) is 16.2. The smallest absolute Gasteiger partial charge is 0.257 e. The summed E-state index contributed by atoms with van der Waals surface area (Å²) in [5.41, 5.74) is 7.50. The minimum absolute atomic E-state index is 0.261. The van der Waals surface area contributed by atoms with Gasteiger partial charge in [-0.3, -0.25) is 4.90 Å². The largest absolute Gasteiger partial charge is 0.379 e. The average molecular weight is 445 g/mol. The van der Waals surface area contributed by atoms with Crippen molar-refractivity contribution in [3.05, 3.63) is 65.6 Å². The SMILES string of the molecule is [C-]#[N+]C1(c2ccc(Nc3nc(N)n(-c4ccccn4)n3)cc2)CCC(N2CCOCC2)CC1. The Morgan fingerprint density at radius 2 is 1.85 bits per heavy atom. The molecule has 3 N–H and O–H groups in total. The van der Waals surface area contributed by atoms with E-state index in [1.807, 2.05) is 30.3 Å². The van der Waals surface area contributed by atoms with Crippen LogP contribution in [0.25, 0.3) is 10.7 Å². The fourth-order valence-corrected chi connectivity index (χ4v) is 4.87. The minimum atomic E-state index is -0.440. The molecule has 5 rings (SSSR count). The summed E-state index contributed by atoms with van der Waals surface area (Å²) in [6, 6.07) is 14.2. The summed E-state index contributed by atoms with van der Waals surface area (Å²) in [5.74, 6) is 1.27. The molecular weight excluding hydrogens is 416 g/mol. The molecule has 0 atom stereocenters. The number of anilines is 3. The van der Waals surface area contributed by atoms with Gasteiger partial charge in [-0.05, 0) is 49.2 Å². The van der Waals surface area contributed by atoms with Gasteiger partial charge < -0.3 is 20.6 Å². The maximum absolute atomic E-state index is 7.97. The Bertz CT molecular complexity index is 1110. The maximum Gasteiger partial charge on any atom is 0.257 e. The number of hydrogen-bond donors (Lipinski definition) is 2. The Morgan fingerprint density at radius 1 is 1.09 bits per heavy atom. The Morgan fingerprint density at radius 3 is 2.52 bits per heavy atom. The molecule has 0 spiro atoms. The maximum atomic E-state index is 7.97. The molecule has 1 saturated heterocycles. The van der Waals surface area contributed by atoms with Crippen molar-refractivity contribution < 1.29 is 4.74 Å².